The first-order chi connectivity index (χ1) is 10.7. The van der Waals surface area contributed by atoms with Crippen molar-refractivity contribution in [2.75, 3.05) is 25.1 Å². The van der Waals surface area contributed by atoms with Crippen LogP contribution < -0.4 is 0 Å². The molecule has 1 saturated heterocycles. The van der Waals surface area contributed by atoms with Crippen molar-refractivity contribution in [2.24, 2.45) is 5.92 Å². The SMILES string of the molecule is CC(C)[C@H](C)N(C)CC(=O)N(C1CCCC1)[C@H]1CCS(=O)(=O)C1. The highest BCUT2D eigenvalue weighted by molar-refractivity contribution is 7.91. The smallest absolute Gasteiger partial charge is 0.237 e. The summed E-state index contributed by atoms with van der Waals surface area (Å²) in [5, 5.41) is 0. The summed E-state index contributed by atoms with van der Waals surface area (Å²) in [6, 6.07) is 0.457. The lowest BCUT2D eigenvalue weighted by Crippen LogP contribution is -2.51. The van der Waals surface area contributed by atoms with Crippen molar-refractivity contribution in [2.45, 2.75) is 71.0 Å². The number of hydrogen-bond donors (Lipinski definition) is 0. The highest BCUT2D eigenvalue weighted by Crippen LogP contribution is 2.29. The number of carbonyl (C=O) groups excluding carboxylic acids is 1. The van der Waals surface area contributed by atoms with Crippen LogP contribution in [-0.2, 0) is 14.6 Å². The van der Waals surface area contributed by atoms with Gasteiger partial charge in [-0.3, -0.25) is 9.69 Å². The average Bonchev–Trinajstić information content (AvgIpc) is 3.08. The standard InChI is InChI=1S/C17H32N2O3S/c1-13(2)14(3)18(4)11-17(20)19(15-7-5-6-8-15)16-9-10-23(21,22)12-16/h13-16H,5-12H2,1-4H3/t14-,16-/m0/s1. The minimum absolute atomic E-state index is 0.106. The van der Waals surface area contributed by atoms with Crippen molar-refractivity contribution in [3.8, 4) is 0 Å². The number of sulfone groups is 1. The van der Waals surface area contributed by atoms with E-state index in [4.69, 9.17) is 0 Å². The predicted molar refractivity (Wildman–Crippen MR) is 93.1 cm³/mol. The molecule has 1 aliphatic heterocycles. The molecule has 2 atom stereocenters. The van der Waals surface area contributed by atoms with E-state index >= 15 is 0 Å². The third-order valence-corrected chi connectivity index (χ3v) is 7.40. The van der Waals surface area contributed by atoms with Gasteiger partial charge in [-0.1, -0.05) is 26.7 Å². The lowest BCUT2D eigenvalue weighted by Gasteiger charge is -2.36. The Balaban J connectivity index is 2.09. The van der Waals surface area contributed by atoms with Gasteiger partial charge >= 0.3 is 0 Å². The number of rotatable bonds is 6. The summed E-state index contributed by atoms with van der Waals surface area (Å²) in [5.41, 5.74) is 0. The number of likely N-dealkylation sites (N-methyl/N-ethyl adjacent to an activating group) is 1. The minimum atomic E-state index is -2.97. The molecule has 0 N–H and O–H groups in total. The van der Waals surface area contributed by atoms with Crippen LogP contribution >= 0.6 is 0 Å². The molecule has 2 aliphatic rings. The second-order valence-electron chi connectivity index (χ2n) is 7.70. The summed E-state index contributed by atoms with van der Waals surface area (Å²) in [7, 11) is -0.982. The van der Waals surface area contributed by atoms with Crippen LogP contribution in [0.25, 0.3) is 0 Å². The largest absolute Gasteiger partial charge is 0.335 e. The molecule has 6 heteroatoms. The summed E-state index contributed by atoms with van der Waals surface area (Å²) in [5.74, 6) is 0.971. The van der Waals surface area contributed by atoms with Crippen LogP contribution in [0.2, 0.25) is 0 Å². The molecule has 134 valence electrons. The Morgan fingerprint density at radius 2 is 1.70 bits per heavy atom. The van der Waals surface area contributed by atoms with E-state index in [0.29, 0.717) is 24.9 Å². The topological polar surface area (TPSA) is 57.7 Å². The molecular weight excluding hydrogens is 312 g/mol. The van der Waals surface area contributed by atoms with Gasteiger partial charge in [-0.05, 0) is 39.2 Å². The van der Waals surface area contributed by atoms with Gasteiger partial charge < -0.3 is 4.90 Å². The fourth-order valence-electron chi connectivity index (χ4n) is 3.83. The fraction of sp³-hybridized carbons (Fsp3) is 0.941. The van der Waals surface area contributed by atoms with E-state index in [1.54, 1.807) is 0 Å². The minimum Gasteiger partial charge on any atom is -0.335 e. The zero-order valence-electron chi connectivity index (χ0n) is 15.0. The third-order valence-electron chi connectivity index (χ3n) is 5.65. The number of hydrogen-bond acceptors (Lipinski definition) is 4. The first-order valence-corrected chi connectivity index (χ1v) is 10.7. The average molecular weight is 345 g/mol. The van der Waals surface area contributed by atoms with Gasteiger partial charge in [-0.15, -0.1) is 0 Å². The molecule has 0 unspecified atom stereocenters. The van der Waals surface area contributed by atoms with Gasteiger partial charge in [0.2, 0.25) is 5.91 Å². The Bertz CT molecular complexity index is 512. The second-order valence-corrected chi connectivity index (χ2v) is 9.92. The third kappa shape index (κ3) is 4.69. The van der Waals surface area contributed by atoms with Gasteiger partial charge in [0.25, 0.3) is 0 Å². The van der Waals surface area contributed by atoms with Gasteiger partial charge in [0, 0.05) is 18.1 Å². The van der Waals surface area contributed by atoms with E-state index < -0.39 is 9.84 Å². The molecule has 1 heterocycles. The maximum absolute atomic E-state index is 13.0. The van der Waals surface area contributed by atoms with Crippen molar-refractivity contribution in [3.63, 3.8) is 0 Å². The Morgan fingerprint density at radius 1 is 1.09 bits per heavy atom. The monoisotopic (exact) mass is 344 g/mol. The van der Waals surface area contributed by atoms with Crippen LogP contribution in [-0.4, -0.2) is 67.3 Å². The van der Waals surface area contributed by atoms with Crippen LogP contribution in [0, 0.1) is 5.92 Å². The van der Waals surface area contributed by atoms with Crippen molar-refractivity contribution in [3.05, 3.63) is 0 Å². The van der Waals surface area contributed by atoms with Crippen LogP contribution in [0.3, 0.4) is 0 Å². The molecule has 0 aromatic carbocycles. The molecule has 0 bridgehead atoms. The molecule has 2 rings (SSSR count). The molecule has 23 heavy (non-hydrogen) atoms. The quantitative estimate of drug-likeness (QED) is 0.739. The lowest BCUT2D eigenvalue weighted by atomic mass is 10.0. The van der Waals surface area contributed by atoms with Crippen molar-refractivity contribution < 1.29 is 13.2 Å². The maximum Gasteiger partial charge on any atom is 0.237 e. The molecule has 1 saturated carbocycles. The fourth-order valence-corrected chi connectivity index (χ4v) is 5.54. The van der Waals surface area contributed by atoms with Gasteiger partial charge in [0.05, 0.1) is 18.1 Å². The molecule has 0 radical (unpaired) electrons. The Labute approximate surface area is 141 Å². The van der Waals surface area contributed by atoms with Gasteiger partial charge in [0.15, 0.2) is 9.84 Å². The van der Waals surface area contributed by atoms with E-state index in [0.717, 1.165) is 25.7 Å². The summed E-state index contributed by atoms with van der Waals surface area (Å²) in [4.78, 5) is 17.0. The first-order valence-electron chi connectivity index (χ1n) is 8.93. The van der Waals surface area contributed by atoms with E-state index in [1.165, 1.54) is 0 Å². The van der Waals surface area contributed by atoms with Crippen LogP contribution in [0.1, 0.15) is 52.9 Å². The summed E-state index contributed by atoms with van der Waals surface area (Å²) < 4.78 is 23.7. The second kappa shape index (κ2) is 7.51. The lowest BCUT2D eigenvalue weighted by molar-refractivity contribution is -0.137. The van der Waals surface area contributed by atoms with Crippen LogP contribution in [0.4, 0.5) is 0 Å². The van der Waals surface area contributed by atoms with Crippen LogP contribution in [0.15, 0.2) is 0 Å². The molecule has 0 aromatic heterocycles. The molecule has 1 aliphatic carbocycles. The highest BCUT2D eigenvalue weighted by atomic mass is 32.2. The molecule has 0 aromatic rings. The number of nitrogens with zero attached hydrogens (tertiary/aromatic N) is 2. The van der Waals surface area contributed by atoms with Gasteiger partial charge in [0.1, 0.15) is 0 Å². The number of amides is 1. The Morgan fingerprint density at radius 3 is 2.17 bits per heavy atom. The molecule has 5 nitrogen and oxygen atoms in total. The first kappa shape index (κ1) is 18.7. The van der Waals surface area contributed by atoms with Gasteiger partial charge in [-0.25, -0.2) is 8.42 Å². The Kier molecular flexibility index (Phi) is 6.11. The van der Waals surface area contributed by atoms with Crippen molar-refractivity contribution in [1.29, 1.82) is 0 Å². The zero-order chi connectivity index (χ0) is 17.2. The summed E-state index contributed by atoms with van der Waals surface area (Å²) in [6.07, 6.45) is 4.93. The van der Waals surface area contributed by atoms with E-state index in [9.17, 15) is 13.2 Å². The van der Waals surface area contributed by atoms with Crippen LogP contribution in [0.5, 0.6) is 0 Å². The maximum atomic E-state index is 13.0. The van der Waals surface area contributed by atoms with Gasteiger partial charge in [-0.2, -0.15) is 0 Å². The van der Waals surface area contributed by atoms with Crippen molar-refractivity contribution >= 4 is 15.7 Å². The normalized spacial score (nSPS) is 26.1. The highest BCUT2D eigenvalue weighted by Gasteiger charge is 2.39. The number of carbonyl (C=O) groups is 1. The molecule has 2 fully saturated rings. The van der Waals surface area contributed by atoms with E-state index in [1.807, 2.05) is 11.9 Å². The summed E-state index contributed by atoms with van der Waals surface area (Å²) in [6.45, 7) is 6.83. The predicted octanol–water partition coefficient (Wildman–Crippen LogP) is 1.92. The van der Waals surface area contributed by atoms with Crippen molar-refractivity contribution in [1.82, 2.24) is 9.80 Å². The van der Waals surface area contributed by atoms with E-state index in [2.05, 4.69) is 25.7 Å². The molecular formula is C17H32N2O3S. The summed E-state index contributed by atoms with van der Waals surface area (Å²) >= 11 is 0. The molecule has 0 spiro atoms. The molecule has 1 amide bonds. The Hall–Kier alpha value is -0.620. The van der Waals surface area contributed by atoms with E-state index in [-0.39, 0.29) is 29.5 Å². The zero-order valence-corrected chi connectivity index (χ0v) is 15.8.